The van der Waals surface area contributed by atoms with Gasteiger partial charge in [-0.05, 0) is 49.2 Å². The van der Waals surface area contributed by atoms with Gasteiger partial charge in [-0.2, -0.15) is 5.10 Å². The topological polar surface area (TPSA) is 74.3 Å². The molecule has 4 rings (SSSR count). The lowest BCUT2D eigenvalue weighted by Crippen LogP contribution is -2.34. The summed E-state index contributed by atoms with van der Waals surface area (Å²) in [5, 5.41) is 17.0. The number of ether oxygens (including phenoxy) is 1. The molecule has 3 aromatic rings. The molecule has 0 amide bonds. The Bertz CT molecular complexity index is 864. The third kappa shape index (κ3) is 3.86. The van der Waals surface area contributed by atoms with Gasteiger partial charge in [0.2, 0.25) is 0 Å². The van der Waals surface area contributed by atoms with Crippen molar-refractivity contribution in [3.05, 3.63) is 53.9 Å². The highest BCUT2D eigenvalue weighted by molar-refractivity contribution is 5.73. The maximum Gasteiger partial charge on any atom is 0.155 e. The fraction of sp³-hybridized carbons (Fsp3) is 0.400. The number of nitrogens with zero attached hydrogens (tertiary/aromatic N) is 3. The number of nitrogens with one attached hydrogen (secondary N) is 1. The molecule has 6 heteroatoms. The Balaban J connectivity index is 1.43. The summed E-state index contributed by atoms with van der Waals surface area (Å²) >= 11 is 0. The van der Waals surface area contributed by atoms with Crippen LogP contribution < -0.4 is 4.74 Å². The molecule has 1 unspecified atom stereocenters. The molecule has 2 N–H and O–H groups in total. The van der Waals surface area contributed by atoms with Crippen LogP contribution in [-0.2, 0) is 6.54 Å². The lowest BCUT2D eigenvalue weighted by Gasteiger charge is -2.32. The normalized spacial score (nSPS) is 18.3. The van der Waals surface area contributed by atoms with Crippen molar-refractivity contribution < 1.29 is 9.84 Å². The fourth-order valence-electron chi connectivity index (χ4n) is 3.66. The van der Waals surface area contributed by atoms with Gasteiger partial charge in [0.1, 0.15) is 12.4 Å². The third-order valence-corrected chi connectivity index (χ3v) is 4.91. The van der Waals surface area contributed by atoms with Gasteiger partial charge >= 0.3 is 0 Å². The quantitative estimate of drug-likeness (QED) is 0.713. The highest BCUT2D eigenvalue weighted by Crippen LogP contribution is 2.28. The second kappa shape index (κ2) is 7.85. The first kappa shape index (κ1) is 17.0. The summed E-state index contributed by atoms with van der Waals surface area (Å²) in [6.45, 7) is 3.38. The second-order valence-electron chi connectivity index (χ2n) is 6.84. The van der Waals surface area contributed by atoms with Crippen molar-refractivity contribution in [2.45, 2.75) is 25.3 Å². The van der Waals surface area contributed by atoms with Crippen LogP contribution in [-0.4, -0.2) is 51.5 Å². The summed E-state index contributed by atoms with van der Waals surface area (Å²) in [6.07, 6.45) is 4.15. The van der Waals surface area contributed by atoms with Crippen LogP contribution in [0.5, 0.6) is 5.75 Å². The minimum absolute atomic E-state index is 0.0334. The minimum atomic E-state index is 0.0334. The first-order valence-corrected chi connectivity index (χ1v) is 9.17. The van der Waals surface area contributed by atoms with Crippen molar-refractivity contribution in [3.63, 3.8) is 0 Å². The van der Waals surface area contributed by atoms with E-state index in [-0.39, 0.29) is 6.61 Å². The zero-order valence-electron chi connectivity index (χ0n) is 14.8. The molecule has 2 aromatic heterocycles. The molecule has 0 bridgehead atoms. The van der Waals surface area contributed by atoms with Crippen LogP contribution in [0.2, 0.25) is 0 Å². The molecule has 1 aliphatic rings. The van der Waals surface area contributed by atoms with E-state index in [1.807, 2.05) is 18.3 Å². The number of aliphatic hydroxyl groups is 1. The predicted molar refractivity (Wildman–Crippen MR) is 100 cm³/mol. The SMILES string of the molecule is OCCOc1cccc(CN2CCCC(c3ccc4cn[nH]c4n3)C2)c1. The summed E-state index contributed by atoms with van der Waals surface area (Å²) in [5.74, 6) is 1.27. The van der Waals surface area contributed by atoms with Gasteiger partial charge in [-0.1, -0.05) is 12.1 Å². The Hall–Kier alpha value is -2.44. The van der Waals surface area contributed by atoms with Crippen LogP contribution in [0.3, 0.4) is 0 Å². The lowest BCUT2D eigenvalue weighted by molar-refractivity contribution is 0.195. The lowest BCUT2D eigenvalue weighted by atomic mass is 9.94. The van der Waals surface area contributed by atoms with E-state index >= 15 is 0 Å². The van der Waals surface area contributed by atoms with E-state index in [9.17, 15) is 0 Å². The monoisotopic (exact) mass is 352 g/mol. The van der Waals surface area contributed by atoms with Gasteiger partial charge in [0, 0.05) is 30.1 Å². The number of aromatic amines is 1. The van der Waals surface area contributed by atoms with Gasteiger partial charge in [-0.3, -0.25) is 10.00 Å². The van der Waals surface area contributed by atoms with Crippen LogP contribution in [0.1, 0.15) is 30.0 Å². The van der Waals surface area contributed by atoms with E-state index in [4.69, 9.17) is 14.8 Å². The highest BCUT2D eigenvalue weighted by Gasteiger charge is 2.22. The average molecular weight is 352 g/mol. The smallest absolute Gasteiger partial charge is 0.155 e. The van der Waals surface area contributed by atoms with Crippen molar-refractivity contribution in [3.8, 4) is 5.75 Å². The van der Waals surface area contributed by atoms with Crippen molar-refractivity contribution in [1.82, 2.24) is 20.1 Å². The zero-order chi connectivity index (χ0) is 17.8. The van der Waals surface area contributed by atoms with E-state index < -0.39 is 0 Å². The molecule has 1 saturated heterocycles. The summed E-state index contributed by atoms with van der Waals surface area (Å²) < 4.78 is 5.52. The van der Waals surface area contributed by atoms with E-state index in [1.165, 1.54) is 18.4 Å². The van der Waals surface area contributed by atoms with Crippen LogP contribution in [0.15, 0.2) is 42.6 Å². The molecule has 1 fully saturated rings. The number of piperidine rings is 1. The molecule has 6 nitrogen and oxygen atoms in total. The van der Waals surface area contributed by atoms with Gasteiger partial charge < -0.3 is 9.84 Å². The second-order valence-corrected chi connectivity index (χ2v) is 6.84. The Morgan fingerprint density at radius 3 is 3.15 bits per heavy atom. The summed E-state index contributed by atoms with van der Waals surface area (Å²) in [6, 6.07) is 12.4. The van der Waals surface area contributed by atoms with Crippen molar-refractivity contribution in [2.24, 2.45) is 0 Å². The molecule has 1 aromatic carbocycles. The molecule has 26 heavy (non-hydrogen) atoms. The van der Waals surface area contributed by atoms with Crippen LogP contribution in [0.4, 0.5) is 0 Å². The van der Waals surface area contributed by atoms with E-state index in [0.717, 1.165) is 42.1 Å². The Morgan fingerprint density at radius 2 is 2.23 bits per heavy atom. The van der Waals surface area contributed by atoms with Crippen molar-refractivity contribution in [2.75, 3.05) is 26.3 Å². The van der Waals surface area contributed by atoms with Gasteiger partial charge in [0.15, 0.2) is 5.65 Å². The number of rotatable bonds is 6. The summed E-state index contributed by atoms with van der Waals surface area (Å²) in [4.78, 5) is 7.24. The Morgan fingerprint density at radius 1 is 1.27 bits per heavy atom. The van der Waals surface area contributed by atoms with Crippen molar-refractivity contribution >= 4 is 11.0 Å². The number of benzene rings is 1. The van der Waals surface area contributed by atoms with Gasteiger partial charge in [-0.15, -0.1) is 0 Å². The first-order chi connectivity index (χ1) is 12.8. The Kier molecular flexibility index (Phi) is 5.13. The molecule has 0 saturated carbocycles. The third-order valence-electron chi connectivity index (χ3n) is 4.91. The standard InChI is InChI=1S/C20H24N4O2/c25-9-10-26-18-5-1-3-15(11-18)13-24-8-2-4-17(14-24)19-7-6-16-12-21-23-20(16)22-19/h1,3,5-7,11-12,17,25H,2,4,8-10,13-14H2,(H,21,22,23). The molecule has 1 atom stereocenters. The van der Waals surface area contributed by atoms with E-state index in [1.54, 1.807) is 0 Å². The molecule has 0 aliphatic carbocycles. The number of likely N-dealkylation sites (tertiary alicyclic amines) is 1. The number of H-pyrrole nitrogens is 1. The summed E-state index contributed by atoms with van der Waals surface area (Å²) in [7, 11) is 0. The minimum Gasteiger partial charge on any atom is -0.491 e. The van der Waals surface area contributed by atoms with E-state index in [0.29, 0.717) is 12.5 Å². The molecule has 136 valence electrons. The number of hydrogen-bond donors (Lipinski definition) is 2. The van der Waals surface area contributed by atoms with Gasteiger partial charge in [0.25, 0.3) is 0 Å². The fourth-order valence-corrected chi connectivity index (χ4v) is 3.66. The van der Waals surface area contributed by atoms with Crippen LogP contribution in [0.25, 0.3) is 11.0 Å². The number of pyridine rings is 1. The molecule has 0 spiro atoms. The molecule has 0 radical (unpaired) electrons. The zero-order valence-corrected chi connectivity index (χ0v) is 14.8. The number of aliphatic hydroxyl groups excluding tert-OH is 1. The van der Waals surface area contributed by atoms with E-state index in [2.05, 4.69) is 39.4 Å². The molecular weight excluding hydrogens is 328 g/mol. The summed E-state index contributed by atoms with van der Waals surface area (Å²) in [5.41, 5.74) is 3.25. The van der Waals surface area contributed by atoms with Crippen LogP contribution >= 0.6 is 0 Å². The van der Waals surface area contributed by atoms with Crippen molar-refractivity contribution in [1.29, 1.82) is 0 Å². The largest absolute Gasteiger partial charge is 0.491 e. The first-order valence-electron chi connectivity index (χ1n) is 9.17. The predicted octanol–water partition coefficient (Wildman–Crippen LogP) is 2.71. The average Bonchev–Trinajstić information content (AvgIpc) is 3.15. The van der Waals surface area contributed by atoms with Gasteiger partial charge in [-0.25, -0.2) is 4.98 Å². The number of fused-ring (bicyclic) bond motifs is 1. The number of aromatic nitrogens is 3. The molecule has 3 heterocycles. The molecule has 1 aliphatic heterocycles. The maximum absolute atomic E-state index is 8.90. The maximum atomic E-state index is 8.90. The Labute approximate surface area is 152 Å². The number of hydrogen-bond acceptors (Lipinski definition) is 5. The van der Waals surface area contributed by atoms with Gasteiger partial charge in [0.05, 0.1) is 12.8 Å². The van der Waals surface area contributed by atoms with Crippen LogP contribution in [0, 0.1) is 0 Å². The highest BCUT2D eigenvalue weighted by atomic mass is 16.5. The molecular formula is C20H24N4O2.